The van der Waals surface area contributed by atoms with Gasteiger partial charge in [-0.05, 0) is 37.9 Å². The molecular formula is C22H26ClN7O3. The maximum absolute atomic E-state index is 13.6. The van der Waals surface area contributed by atoms with Crippen LogP contribution in [0, 0.1) is 18.8 Å². The van der Waals surface area contributed by atoms with Crippen LogP contribution in [-0.4, -0.2) is 51.4 Å². The summed E-state index contributed by atoms with van der Waals surface area (Å²) in [5.74, 6) is 0.349. The first-order valence-corrected chi connectivity index (χ1v) is 11.4. The zero-order valence-corrected chi connectivity index (χ0v) is 19.5. The zero-order chi connectivity index (χ0) is 23.5. The first-order valence-electron chi connectivity index (χ1n) is 11.1. The van der Waals surface area contributed by atoms with E-state index in [1.54, 1.807) is 17.6 Å². The fourth-order valence-corrected chi connectivity index (χ4v) is 4.95. The lowest BCUT2D eigenvalue weighted by Gasteiger charge is -2.39. The number of nitrogens with zero attached hydrogens (tertiary/aromatic N) is 4. The molecule has 2 fully saturated rings. The lowest BCUT2D eigenvalue weighted by molar-refractivity contribution is -0.117. The van der Waals surface area contributed by atoms with Gasteiger partial charge in [0, 0.05) is 31.8 Å². The van der Waals surface area contributed by atoms with Crippen molar-refractivity contribution in [2.75, 3.05) is 30.8 Å². The monoisotopic (exact) mass is 471 g/mol. The second-order valence-electron chi connectivity index (χ2n) is 9.34. The van der Waals surface area contributed by atoms with E-state index in [1.165, 1.54) is 6.33 Å². The Morgan fingerprint density at radius 3 is 2.58 bits per heavy atom. The Balaban J connectivity index is 1.49. The molecule has 10 nitrogen and oxygen atoms in total. The maximum atomic E-state index is 13.6. The summed E-state index contributed by atoms with van der Waals surface area (Å²) in [5.41, 5.74) is 0.237. The average Bonchev–Trinajstić information content (AvgIpc) is 3.43. The summed E-state index contributed by atoms with van der Waals surface area (Å²) >= 11 is 6.47. The van der Waals surface area contributed by atoms with E-state index in [2.05, 4.69) is 30.8 Å². The molecular weight excluding hydrogens is 446 g/mol. The Morgan fingerprint density at radius 1 is 1.24 bits per heavy atom. The molecule has 0 bridgehead atoms. The van der Waals surface area contributed by atoms with E-state index < -0.39 is 5.66 Å². The minimum absolute atomic E-state index is 0.0350. The van der Waals surface area contributed by atoms with Crippen LogP contribution in [0.1, 0.15) is 42.2 Å². The minimum atomic E-state index is -0.742. The van der Waals surface area contributed by atoms with Crippen molar-refractivity contribution in [3.05, 3.63) is 39.0 Å². The molecule has 1 saturated carbocycles. The van der Waals surface area contributed by atoms with Crippen LogP contribution in [0.2, 0.25) is 5.02 Å². The Kier molecular flexibility index (Phi) is 5.17. The summed E-state index contributed by atoms with van der Waals surface area (Å²) in [5, 5.41) is 8.93. The summed E-state index contributed by atoms with van der Waals surface area (Å²) in [6.45, 7) is 5.35. The van der Waals surface area contributed by atoms with Crippen molar-refractivity contribution in [2.45, 2.75) is 38.8 Å². The molecule has 3 N–H and O–H groups in total. The number of hydrogen-bond acceptors (Lipinski definition) is 7. The number of nitrogens with one attached hydrogen (secondary N) is 3. The number of carbonyl (C=O) groups excluding carboxylic acids is 2. The van der Waals surface area contributed by atoms with E-state index in [4.69, 9.17) is 11.6 Å². The molecule has 3 aliphatic rings. The number of rotatable bonds is 4. The lowest BCUT2D eigenvalue weighted by atomic mass is 9.97. The van der Waals surface area contributed by atoms with E-state index in [1.807, 2.05) is 14.0 Å². The zero-order valence-electron chi connectivity index (χ0n) is 18.7. The number of halogens is 1. The van der Waals surface area contributed by atoms with Crippen molar-refractivity contribution < 1.29 is 9.59 Å². The number of piperidine rings is 1. The Morgan fingerprint density at radius 2 is 1.91 bits per heavy atom. The predicted octanol–water partition coefficient (Wildman–Crippen LogP) is 2.06. The van der Waals surface area contributed by atoms with Gasteiger partial charge < -0.3 is 20.9 Å². The highest BCUT2D eigenvalue weighted by Crippen LogP contribution is 2.39. The van der Waals surface area contributed by atoms with Gasteiger partial charge in [0.05, 0.1) is 0 Å². The number of likely N-dealkylation sites (tertiary alicyclic amines) is 1. The third-order valence-electron chi connectivity index (χ3n) is 6.93. The van der Waals surface area contributed by atoms with E-state index in [9.17, 15) is 14.4 Å². The molecule has 2 aromatic rings. The Bertz CT molecular complexity index is 1220. The molecule has 2 aromatic heterocycles. The van der Waals surface area contributed by atoms with Gasteiger partial charge in [-0.2, -0.15) is 0 Å². The van der Waals surface area contributed by atoms with Crippen LogP contribution in [0.5, 0.6) is 0 Å². The molecule has 2 atom stereocenters. The van der Waals surface area contributed by atoms with Crippen molar-refractivity contribution in [3.8, 4) is 0 Å². The van der Waals surface area contributed by atoms with Gasteiger partial charge in [0.1, 0.15) is 28.4 Å². The largest absolute Gasteiger partial charge is 0.334 e. The van der Waals surface area contributed by atoms with Crippen LogP contribution in [0.25, 0.3) is 0 Å². The Labute approximate surface area is 195 Å². The molecule has 33 heavy (non-hydrogen) atoms. The highest BCUT2D eigenvalue weighted by atomic mass is 35.5. The normalized spacial score (nSPS) is 23.2. The molecule has 174 valence electrons. The van der Waals surface area contributed by atoms with E-state index in [0.717, 1.165) is 19.5 Å². The standard InChI is InChI=1S/C22H26ClN7O3/c1-11-8-13(11)19(31)27-18-15(23)17(24-10-25-18)26-14-9-12(2)16-20(32)28-22(30(16)21(14)33)4-6-29(3)7-5-22/h9-11,13H,4-8H2,1-3H3,(H,28,32)(H2,24,25,26,27,31). The molecule has 2 aliphatic heterocycles. The first kappa shape index (κ1) is 21.8. The predicted molar refractivity (Wildman–Crippen MR) is 124 cm³/mol. The van der Waals surface area contributed by atoms with Crippen LogP contribution in [0.4, 0.5) is 17.3 Å². The van der Waals surface area contributed by atoms with E-state index in [0.29, 0.717) is 30.0 Å². The van der Waals surface area contributed by atoms with Crippen molar-refractivity contribution >= 4 is 40.7 Å². The molecule has 0 radical (unpaired) electrons. The summed E-state index contributed by atoms with van der Waals surface area (Å²) in [7, 11) is 2.02. The summed E-state index contributed by atoms with van der Waals surface area (Å²) in [6, 6.07) is 1.63. The fraction of sp³-hybridized carbons (Fsp3) is 0.500. The number of aryl methyl sites for hydroxylation is 1. The van der Waals surface area contributed by atoms with Gasteiger partial charge in [0.15, 0.2) is 11.6 Å². The molecule has 0 aromatic carbocycles. The summed E-state index contributed by atoms with van der Waals surface area (Å²) in [4.78, 5) is 49.1. The van der Waals surface area contributed by atoms with Gasteiger partial charge in [-0.1, -0.05) is 18.5 Å². The number of pyridine rings is 1. The van der Waals surface area contributed by atoms with Gasteiger partial charge in [0.25, 0.3) is 11.5 Å². The number of carbonyl (C=O) groups is 2. The number of anilines is 3. The molecule has 4 heterocycles. The number of hydrogen-bond donors (Lipinski definition) is 3. The third kappa shape index (κ3) is 3.67. The van der Waals surface area contributed by atoms with Gasteiger partial charge in [-0.15, -0.1) is 0 Å². The second-order valence-corrected chi connectivity index (χ2v) is 9.72. The van der Waals surface area contributed by atoms with E-state index >= 15 is 0 Å². The maximum Gasteiger partial charge on any atom is 0.276 e. The van der Waals surface area contributed by atoms with Crippen LogP contribution in [0.3, 0.4) is 0 Å². The first-order chi connectivity index (χ1) is 15.7. The molecule has 2 unspecified atom stereocenters. The molecule has 11 heteroatoms. The Hall–Kier alpha value is -2.98. The summed E-state index contributed by atoms with van der Waals surface area (Å²) < 4.78 is 1.59. The van der Waals surface area contributed by atoms with Gasteiger partial charge in [-0.25, -0.2) is 9.97 Å². The van der Waals surface area contributed by atoms with E-state index in [-0.39, 0.29) is 45.6 Å². The van der Waals surface area contributed by atoms with Crippen molar-refractivity contribution in [1.29, 1.82) is 0 Å². The molecule has 2 amide bonds. The average molecular weight is 472 g/mol. The van der Waals surface area contributed by atoms with Crippen LogP contribution in [-0.2, 0) is 10.5 Å². The molecule has 1 aliphatic carbocycles. The fourth-order valence-electron chi connectivity index (χ4n) is 4.76. The second kappa shape index (κ2) is 7.81. The van der Waals surface area contributed by atoms with Crippen molar-refractivity contribution in [1.82, 2.24) is 24.8 Å². The molecule has 1 saturated heterocycles. The highest BCUT2D eigenvalue weighted by molar-refractivity contribution is 6.35. The molecule has 1 spiro atoms. The van der Waals surface area contributed by atoms with Crippen LogP contribution >= 0.6 is 11.6 Å². The number of amides is 2. The number of aromatic nitrogens is 3. The van der Waals surface area contributed by atoms with Gasteiger partial charge >= 0.3 is 0 Å². The van der Waals surface area contributed by atoms with Crippen LogP contribution < -0.4 is 21.5 Å². The number of fused-ring (bicyclic) bond motifs is 2. The summed E-state index contributed by atoms with van der Waals surface area (Å²) in [6.07, 6.45) is 3.39. The van der Waals surface area contributed by atoms with Crippen LogP contribution in [0.15, 0.2) is 17.2 Å². The smallest absolute Gasteiger partial charge is 0.276 e. The van der Waals surface area contributed by atoms with Crippen molar-refractivity contribution in [2.24, 2.45) is 11.8 Å². The minimum Gasteiger partial charge on any atom is -0.334 e. The molecule has 5 rings (SSSR count). The highest BCUT2D eigenvalue weighted by Gasteiger charge is 2.46. The van der Waals surface area contributed by atoms with Gasteiger partial charge in [0.2, 0.25) is 5.91 Å². The quantitative estimate of drug-likeness (QED) is 0.624. The van der Waals surface area contributed by atoms with Crippen molar-refractivity contribution in [3.63, 3.8) is 0 Å². The topological polar surface area (TPSA) is 121 Å². The third-order valence-corrected chi connectivity index (χ3v) is 7.28. The van der Waals surface area contributed by atoms with Gasteiger partial charge in [-0.3, -0.25) is 19.0 Å². The lowest BCUT2D eigenvalue weighted by Crippen LogP contribution is -2.53. The SMILES string of the molecule is Cc1cc(Nc2ncnc(NC(=O)C3CC3C)c2Cl)c(=O)n2c1C(=O)NC21CCN(C)CC1.